The summed E-state index contributed by atoms with van der Waals surface area (Å²) in [6, 6.07) is 14.5. The van der Waals surface area contributed by atoms with Crippen LogP contribution >= 0.6 is 0 Å². The summed E-state index contributed by atoms with van der Waals surface area (Å²) in [6.07, 6.45) is 0.917. The topological polar surface area (TPSA) is 45.7 Å². The molecule has 0 aliphatic carbocycles. The molecule has 0 bridgehead atoms. The van der Waals surface area contributed by atoms with Gasteiger partial charge in [0.05, 0.1) is 5.69 Å². The number of rotatable bonds is 6. The maximum Gasteiger partial charge on any atom is 0.282 e. The van der Waals surface area contributed by atoms with Gasteiger partial charge in [-0.15, -0.1) is 0 Å². The van der Waals surface area contributed by atoms with Crippen molar-refractivity contribution >= 4 is 11.6 Å². The summed E-state index contributed by atoms with van der Waals surface area (Å²) in [5.41, 5.74) is 2.64. The molecule has 0 unspecified atom stereocenters. The smallest absolute Gasteiger partial charge is 0.282 e. The molecular formula is C19H24FN2O+. The van der Waals surface area contributed by atoms with Gasteiger partial charge in [-0.1, -0.05) is 48.9 Å². The van der Waals surface area contributed by atoms with Gasteiger partial charge in [-0.3, -0.25) is 4.79 Å². The van der Waals surface area contributed by atoms with Gasteiger partial charge in [-0.25, -0.2) is 4.39 Å². The highest BCUT2D eigenvalue weighted by Crippen LogP contribution is 2.14. The Kier molecular flexibility index (Phi) is 5.88. The van der Waals surface area contributed by atoms with Crippen LogP contribution in [-0.2, 0) is 4.79 Å². The molecule has 0 fully saturated rings. The standard InChI is InChI=1S/C19H23FN2O/c1-4-17(15-11-9-13(2)10-12-15)21-14(3)19(23)22-18-8-6-5-7-16(18)20/h5-12,14,17,21H,4H2,1-3H3,(H,22,23)/p+1/t14-,17-/m1/s1. The van der Waals surface area contributed by atoms with Crippen molar-refractivity contribution in [2.24, 2.45) is 0 Å². The van der Waals surface area contributed by atoms with Crippen LogP contribution in [0.15, 0.2) is 48.5 Å². The van der Waals surface area contributed by atoms with Crippen LogP contribution in [0.3, 0.4) is 0 Å². The van der Waals surface area contributed by atoms with E-state index in [4.69, 9.17) is 0 Å². The van der Waals surface area contributed by atoms with Crippen molar-refractivity contribution in [1.82, 2.24) is 0 Å². The van der Waals surface area contributed by atoms with E-state index in [0.717, 1.165) is 6.42 Å². The Bertz CT molecular complexity index is 655. The van der Waals surface area contributed by atoms with E-state index in [2.05, 4.69) is 43.4 Å². The monoisotopic (exact) mass is 315 g/mol. The molecular weight excluding hydrogens is 291 g/mol. The number of quaternary nitrogens is 1. The van der Waals surface area contributed by atoms with Crippen LogP contribution in [-0.4, -0.2) is 11.9 Å². The summed E-state index contributed by atoms with van der Waals surface area (Å²) in [7, 11) is 0. The number of carbonyl (C=O) groups excluding carboxylic acids is 1. The van der Waals surface area contributed by atoms with E-state index in [1.54, 1.807) is 18.2 Å². The summed E-state index contributed by atoms with van der Waals surface area (Å²) < 4.78 is 13.6. The second-order valence-corrected chi connectivity index (χ2v) is 5.88. The Hall–Kier alpha value is -2.20. The van der Waals surface area contributed by atoms with Gasteiger partial charge in [-0.2, -0.15) is 0 Å². The molecule has 0 aromatic heterocycles. The normalized spacial score (nSPS) is 13.4. The van der Waals surface area contributed by atoms with Crippen LogP contribution in [0.2, 0.25) is 0 Å². The van der Waals surface area contributed by atoms with Gasteiger partial charge < -0.3 is 10.6 Å². The lowest BCUT2D eigenvalue weighted by Gasteiger charge is -2.19. The molecule has 0 heterocycles. The maximum absolute atomic E-state index is 13.6. The molecule has 3 nitrogen and oxygen atoms in total. The first-order valence-electron chi connectivity index (χ1n) is 7.98. The number of para-hydroxylation sites is 1. The zero-order valence-electron chi connectivity index (χ0n) is 13.8. The maximum atomic E-state index is 13.6. The minimum absolute atomic E-state index is 0.194. The lowest BCUT2D eigenvalue weighted by atomic mass is 10.0. The third-order valence-corrected chi connectivity index (χ3v) is 4.01. The average Bonchev–Trinajstić information content (AvgIpc) is 2.55. The third-order valence-electron chi connectivity index (χ3n) is 4.01. The van der Waals surface area contributed by atoms with E-state index in [0.29, 0.717) is 0 Å². The zero-order valence-corrected chi connectivity index (χ0v) is 13.8. The first kappa shape index (κ1) is 17.2. The number of benzene rings is 2. The SMILES string of the molecule is CC[C@@H]([NH2+][C@H](C)C(=O)Nc1ccccc1F)c1ccc(C)cc1. The van der Waals surface area contributed by atoms with Gasteiger partial charge in [0.25, 0.3) is 5.91 Å². The fourth-order valence-corrected chi connectivity index (χ4v) is 2.54. The number of nitrogens with two attached hydrogens (primary N) is 1. The summed E-state index contributed by atoms with van der Waals surface area (Å²) >= 11 is 0. The van der Waals surface area contributed by atoms with E-state index in [-0.39, 0.29) is 23.7 Å². The second-order valence-electron chi connectivity index (χ2n) is 5.88. The number of amides is 1. The minimum Gasteiger partial charge on any atom is -0.330 e. The Balaban J connectivity index is 2.01. The lowest BCUT2D eigenvalue weighted by Crippen LogP contribution is -2.92. The molecule has 0 radical (unpaired) electrons. The molecule has 2 aromatic rings. The largest absolute Gasteiger partial charge is 0.330 e. The average molecular weight is 315 g/mol. The van der Waals surface area contributed by atoms with Crippen molar-refractivity contribution in [2.75, 3.05) is 5.32 Å². The van der Waals surface area contributed by atoms with E-state index >= 15 is 0 Å². The number of aryl methyl sites for hydroxylation is 1. The Morgan fingerprint density at radius 2 is 1.83 bits per heavy atom. The number of halogens is 1. The molecule has 1 amide bonds. The molecule has 0 saturated carbocycles. The van der Waals surface area contributed by atoms with Crippen LogP contribution in [0.4, 0.5) is 10.1 Å². The quantitative estimate of drug-likeness (QED) is 0.845. The molecule has 2 atom stereocenters. The van der Waals surface area contributed by atoms with E-state index < -0.39 is 5.82 Å². The van der Waals surface area contributed by atoms with Crippen LogP contribution < -0.4 is 10.6 Å². The fraction of sp³-hybridized carbons (Fsp3) is 0.316. The van der Waals surface area contributed by atoms with Gasteiger partial charge in [0, 0.05) is 12.0 Å². The van der Waals surface area contributed by atoms with Crippen LogP contribution in [0.5, 0.6) is 0 Å². The molecule has 4 heteroatoms. The van der Waals surface area contributed by atoms with Crippen molar-refractivity contribution in [3.63, 3.8) is 0 Å². The summed E-state index contributed by atoms with van der Waals surface area (Å²) in [4.78, 5) is 12.3. The fourth-order valence-electron chi connectivity index (χ4n) is 2.54. The first-order chi connectivity index (χ1) is 11.0. The molecule has 2 rings (SSSR count). The van der Waals surface area contributed by atoms with Gasteiger partial charge in [0.2, 0.25) is 0 Å². The predicted octanol–water partition coefficient (Wildman–Crippen LogP) is 3.18. The van der Waals surface area contributed by atoms with Crippen LogP contribution in [0, 0.1) is 12.7 Å². The molecule has 2 aromatic carbocycles. The summed E-state index contributed by atoms with van der Waals surface area (Å²) in [5.74, 6) is -0.612. The van der Waals surface area contributed by atoms with Crippen molar-refractivity contribution in [3.05, 3.63) is 65.5 Å². The van der Waals surface area contributed by atoms with Gasteiger partial charge in [-0.05, 0) is 26.0 Å². The molecule has 23 heavy (non-hydrogen) atoms. The van der Waals surface area contributed by atoms with Crippen molar-refractivity contribution in [3.8, 4) is 0 Å². The molecule has 0 aliphatic rings. The van der Waals surface area contributed by atoms with Crippen molar-refractivity contribution in [2.45, 2.75) is 39.3 Å². The first-order valence-corrected chi connectivity index (χ1v) is 7.98. The lowest BCUT2D eigenvalue weighted by molar-refractivity contribution is -0.713. The highest BCUT2D eigenvalue weighted by molar-refractivity contribution is 5.93. The van der Waals surface area contributed by atoms with Gasteiger partial charge in [0.1, 0.15) is 11.9 Å². The van der Waals surface area contributed by atoms with Gasteiger partial charge in [0.15, 0.2) is 6.04 Å². The molecule has 3 N–H and O–H groups in total. The van der Waals surface area contributed by atoms with Gasteiger partial charge >= 0.3 is 0 Å². The highest BCUT2D eigenvalue weighted by Gasteiger charge is 2.22. The Morgan fingerprint density at radius 3 is 2.43 bits per heavy atom. The van der Waals surface area contributed by atoms with Crippen LogP contribution in [0.1, 0.15) is 37.4 Å². The van der Waals surface area contributed by atoms with E-state index in [1.165, 1.54) is 17.2 Å². The second kappa shape index (κ2) is 7.88. The zero-order chi connectivity index (χ0) is 16.8. The summed E-state index contributed by atoms with van der Waals surface area (Å²) in [5, 5.41) is 4.68. The molecule has 122 valence electrons. The van der Waals surface area contributed by atoms with E-state index in [9.17, 15) is 9.18 Å². The predicted molar refractivity (Wildman–Crippen MR) is 90.6 cm³/mol. The Labute approximate surface area is 136 Å². The third kappa shape index (κ3) is 4.63. The van der Waals surface area contributed by atoms with Crippen molar-refractivity contribution < 1.29 is 14.5 Å². The molecule has 0 aliphatic heterocycles. The van der Waals surface area contributed by atoms with Crippen LogP contribution in [0.25, 0.3) is 0 Å². The number of hydrogen-bond donors (Lipinski definition) is 2. The highest BCUT2D eigenvalue weighted by atomic mass is 19.1. The van der Waals surface area contributed by atoms with E-state index in [1.807, 2.05) is 12.2 Å². The number of hydrogen-bond acceptors (Lipinski definition) is 1. The Morgan fingerprint density at radius 1 is 1.17 bits per heavy atom. The molecule has 0 saturated heterocycles. The number of anilines is 1. The molecule has 0 spiro atoms. The number of nitrogens with one attached hydrogen (secondary N) is 1. The van der Waals surface area contributed by atoms with Crippen molar-refractivity contribution in [1.29, 1.82) is 0 Å². The summed E-state index contributed by atoms with van der Waals surface area (Å²) in [6.45, 7) is 5.99. The number of carbonyl (C=O) groups is 1. The minimum atomic E-state index is -0.418.